The minimum atomic E-state index is -0.343. The number of rotatable bonds is 3. The maximum Gasteiger partial charge on any atom is 0.274 e. The second-order valence-electron chi connectivity index (χ2n) is 5.10. The van der Waals surface area contributed by atoms with E-state index in [4.69, 9.17) is 4.42 Å². The highest BCUT2D eigenvalue weighted by atomic mass is 16.6. The Morgan fingerprint density at radius 2 is 2.25 bits per heavy atom. The maximum absolute atomic E-state index is 11.0. The molecule has 3 rings (SSSR count). The molecule has 0 amide bonds. The van der Waals surface area contributed by atoms with Gasteiger partial charge in [0, 0.05) is 29.3 Å². The van der Waals surface area contributed by atoms with Crippen LogP contribution in [0.5, 0.6) is 0 Å². The number of benzene rings is 1. The summed E-state index contributed by atoms with van der Waals surface area (Å²) in [6.07, 6.45) is 4.75. The molecule has 0 spiro atoms. The normalized spacial score (nSPS) is 17.6. The zero-order valence-corrected chi connectivity index (χ0v) is 11.3. The van der Waals surface area contributed by atoms with Crippen molar-refractivity contribution in [3.63, 3.8) is 0 Å². The molecule has 1 N–H and O–H groups in total. The first-order valence-corrected chi connectivity index (χ1v) is 6.73. The van der Waals surface area contributed by atoms with E-state index in [1.807, 2.05) is 12.1 Å². The summed E-state index contributed by atoms with van der Waals surface area (Å²) in [5.41, 5.74) is 2.81. The summed E-state index contributed by atoms with van der Waals surface area (Å²) in [7, 11) is 0. The van der Waals surface area contributed by atoms with E-state index in [2.05, 4.69) is 5.32 Å². The second-order valence-corrected chi connectivity index (χ2v) is 5.10. The molecular formula is C15H16N2O3. The van der Waals surface area contributed by atoms with Crippen LogP contribution >= 0.6 is 0 Å². The van der Waals surface area contributed by atoms with Crippen molar-refractivity contribution < 1.29 is 9.34 Å². The lowest BCUT2D eigenvalue weighted by Gasteiger charge is -2.24. The van der Waals surface area contributed by atoms with Crippen molar-refractivity contribution in [1.82, 2.24) is 0 Å². The molecule has 1 aliphatic carbocycles. The number of furan rings is 1. The highest BCUT2D eigenvalue weighted by Gasteiger charge is 2.23. The Bertz CT molecular complexity index is 648. The van der Waals surface area contributed by atoms with Gasteiger partial charge >= 0.3 is 0 Å². The Kier molecular flexibility index (Phi) is 3.18. The molecule has 0 fully saturated rings. The number of hydrogen-bond donors (Lipinski definition) is 1. The van der Waals surface area contributed by atoms with Crippen molar-refractivity contribution in [2.75, 3.05) is 5.32 Å². The fourth-order valence-electron chi connectivity index (χ4n) is 2.80. The lowest BCUT2D eigenvalue weighted by atomic mass is 9.93. The average Bonchev–Trinajstić information content (AvgIpc) is 2.90. The van der Waals surface area contributed by atoms with Gasteiger partial charge in [-0.2, -0.15) is 0 Å². The molecular weight excluding hydrogens is 256 g/mol. The summed E-state index contributed by atoms with van der Waals surface area (Å²) in [5.74, 6) is 1.02. The van der Waals surface area contributed by atoms with Crippen LogP contribution in [0.1, 0.15) is 35.8 Å². The minimum absolute atomic E-state index is 0.151. The largest absolute Gasteiger partial charge is 0.469 e. The van der Waals surface area contributed by atoms with Gasteiger partial charge in [-0.25, -0.2) is 0 Å². The molecule has 1 atom stereocenters. The number of aryl methyl sites for hydroxylation is 1. The highest BCUT2D eigenvalue weighted by molar-refractivity contribution is 5.60. The van der Waals surface area contributed by atoms with Crippen LogP contribution in [0, 0.1) is 17.0 Å². The van der Waals surface area contributed by atoms with E-state index in [1.54, 1.807) is 19.3 Å². The van der Waals surface area contributed by atoms with Crippen molar-refractivity contribution >= 4 is 11.4 Å². The van der Waals surface area contributed by atoms with Crippen molar-refractivity contribution in [1.29, 1.82) is 0 Å². The Balaban J connectivity index is 1.90. The van der Waals surface area contributed by atoms with E-state index < -0.39 is 0 Å². The number of nitro groups is 1. The van der Waals surface area contributed by atoms with Gasteiger partial charge in [0.15, 0.2) is 0 Å². The third-order valence-electron chi connectivity index (χ3n) is 3.88. The standard InChI is InChI=1S/C15H16N2O3/c1-10-12(4-2-6-14(10)17(18)19)16-13-5-3-7-15-11(13)8-9-20-15/h2,4,6,8-9,13,16H,3,5,7H2,1H3. The monoisotopic (exact) mass is 272 g/mol. The fourth-order valence-corrected chi connectivity index (χ4v) is 2.80. The predicted octanol–water partition coefficient (Wildman–Crippen LogP) is 3.99. The zero-order chi connectivity index (χ0) is 14.1. The number of anilines is 1. The van der Waals surface area contributed by atoms with Gasteiger partial charge in [-0.05, 0) is 31.9 Å². The minimum Gasteiger partial charge on any atom is -0.469 e. The van der Waals surface area contributed by atoms with Gasteiger partial charge in [0.05, 0.1) is 17.2 Å². The number of nitro benzene ring substituents is 1. The van der Waals surface area contributed by atoms with Gasteiger partial charge in [-0.1, -0.05) is 6.07 Å². The lowest BCUT2D eigenvalue weighted by Crippen LogP contribution is -2.16. The van der Waals surface area contributed by atoms with Crippen LogP contribution in [0.4, 0.5) is 11.4 Å². The van der Waals surface area contributed by atoms with Crippen molar-refractivity contribution in [2.24, 2.45) is 0 Å². The van der Waals surface area contributed by atoms with Crippen molar-refractivity contribution in [3.8, 4) is 0 Å². The molecule has 20 heavy (non-hydrogen) atoms. The Hall–Kier alpha value is -2.30. The van der Waals surface area contributed by atoms with E-state index in [-0.39, 0.29) is 16.7 Å². The summed E-state index contributed by atoms with van der Waals surface area (Å²) in [6.45, 7) is 1.78. The average molecular weight is 272 g/mol. The highest BCUT2D eigenvalue weighted by Crippen LogP contribution is 2.35. The van der Waals surface area contributed by atoms with Gasteiger partial charge in [0.25, 0.3) is 5.69 Å². The Labute approximate surface area is 116 Å². The number of hydrogen-bond acceptors (Lipinski definition) is 4. The molecule has 0 bridgehead atoms. The molecule has 1 aromatic heterocycles. The van der Waals surface area contributed by atoms with Crippen LogP contribution in [-0.2, 0) is 6.42 Å². The summed E-state index contributed by atoms with van der Waals surface area (Å²) >= 11 is 0. The van der Waals surface area contributed by atoms with Gasteiger partial charge in [0.1, 0.15) is 5.76 Å². The Morgan fingerprint density at radius 3 is 3.05 bits per heavy atom. The van der Waals surface area contributed by atoms with Crippen LogP contribution in [0.25, 0.3) is 0 Å². The summed E-state index contributed by atoms with van der Waals surface area (Å²) in [4.78, 5) is 10.6. The lowest BCUT2D eigenvalue weighted by molar-refractivity contribution is -0.385. The maximum atomic E-state index is 11.0. The quantitative estimate of drug-likeness (QED) is 0.677. The van der Waals surface area contributed by atoms with Crippen LogP contribution in [-0.4, -0.2) is 4.92 Å². The van der Waals surface area contributed by atoms with Gasteiger partial charge < -0.3 is 9.73 Å². The molecule has 2 aromatic rings. The SMILES string of the molecule is Cc1c(NC2CCCc3occc32)cccc1[N+](=O)[O-]. The van der Waals surface area contributed by atoms with Gasteiger partial charge in [0.2, 0.25) is 0 Å². The first-order chi connectivity index (χ1) is 9.66. The molecule has 0 aliphatic heterocycles. The van der Waals surface area contributed by atoms with E-state index in [1.165, 1.54) is 11.6 Å². The molecule has 104 valence electrons. The fraction of sp³-hybridized carbons (Fsp3) is 0.333. The zero-order valence-electron chi connectivity index (χ0n) is 11.3. The van der Waals surface area contributed by atoms with E-state index in [0.29, 0.717) is 5.56 Å². The van der Waals surface area contributed by atoms with Crippen LogP contribution in [0.2, 0.25) is 0 Å². The molecule has 0 radical (unpaired) electrons. The van der Waals surface area contributed by atoms with Crippen molar-refractivity contribution in [3.05, 3.63) is 57.5 Å². The third-order valence-corrected chi connectivity index (χ3v) is 3.88. The number of nitrogens with one attached hydrogen (secondary N) is 1. The first kappa shape index (κ1) is 12.7. The van der Waals surface area contributed by atoms with Gasteiger partial charge in [-0.3, -0.25) is 10.1 Å². The summed E-state index contributed by atoms with van der Waals surface area (Å²) < 4.78 is 5.47. The van der Waals surface area contributed by atoms with Crippen LogP contribution in [0.15, 0.2) is 34.9 Å². The summed E-state index contributed by atoms with van der Waals surface area (Å²) in [5, 5.41) is 14.4. The van der Waals surface area contributed by atoms with E-state index >= 15 is 0 Å². The van der Waals surface area contributed by atoms with E-state index in [0.717, 1.165) is 30.7 Å². The topological polar surface area (TPSA) is 68.3 Å². The third kappa shape index (κ3) is 2.15. The number of fused-ring (bicyclic) bond motifs is 1. The van der Waals surface area contributed by atoms with Crippen molar-refractivity contribution in [2.45, 2.75) is 32.2 Å². The molecule has 1 aliphatic rings. The van der Waals surface area contributed by atoms with E-state index in [9.17, 15) is 10.1 Å². The number of nitrogens with zero attached hydrogens (tertiary/aromatic N) is 1. The van der Waals surface area contributed by atoms with Crippen LogP contribution in [0.3, 0.4) is 0 Å². The molecule has 1 aromatic carbocycles. The van der Waals surface area contributed by atoms with Gasteiger partial charge in [-0.15, -0.1) is 0 Å². The smallest absolute Gasteiger partial charge is 0.274 e. The molecule has 1 heterocycles. The Morgan fingerprint density at radius 1 is 1.40 bits per heavy atom. The molecule has 1 unspecified atom stereocenters. The molecule has 5 nitrogen and oxygen atoms in total. The second kappa shape index (κ2) is 5.00. The first-order valence-electron chi connectivity index (χ1n) is 6.73. The molecule has 5 heteroatoms. The predicted molar refractivity (Wildman–Crippen MR) is 75.8 cm³/mol. The molecule has 0 saturated heterocycles. The molecule has 0 saturated carbocycles. The van der Waals surface area contributed by atoms with Crippen LogP contribution < -0.4 is 5.32 Å². The summed E-state index contributed by atoms with van der Waals surface area (Å²) in [6, 6.07) is 7.28.